The first-order chi connectivity index (χ1) is 9.58. The van der Waals surface area contributed by atoms with Crippen LogP contribution in [0.15, 0.2) is 24.3 Å². The van der Waals surface area contributed by atoms with Gasteiger partial charge in [-0.2, -0.15) is 0 Å². The summed E-state index contributed by atoms with van der Waals surface area (Å²) in [4.78, 5) is 0. The molecule has 1 aromatic rings. The molecule has 0 bridgehead atoms. The van der Waals surface area contributed by atoms with Crippen LogP contribution >= 0.6 is 0 Å². The smallest absolute Gasteiger partial charge is 0.124 e. The summed E-state index contributed by atoms with van der Waals surface area (Å²) in [5.74, 6) is 2.61. The third-order valence-corrected chi connectivity index (χ3v) is 4.95. The number of ether oxygens (including phenoxy) is 1. The van der Waals surface area contributed by atoms with Gasteiger partial charge in [0.1, 0.15) is 11.4 Å². The maximum Gasteiger partial charge on any atom is 0.124 e. The van der Waals surface area contributed by atoms with Gasteiger partial charge in [0.2, 0.25) is 0 Å². The minimum absolute atomic E-state index is 0.00553. The number of nitrogens with two attached hydrogens (primary N) is 1. The van der Waals surface area contributed by atoms with Crippen LogP contribution in [0.5, 0.6) is 5.75 Å². The number of benzene rings is 1. The topological polar surface area (TPSA) is 35.2 Å². The first-order valence-corrected chi connectivity index (χ1v) is 8.11. The number of hydrogen-bond donors (Lipinski definition) is 1. The summed E-state index contributed by atoms with van der Waals surface area (Å²) >= 11 is 0. The summed E-state index contributed by atoms with van der Waals surface area (Å²) < 4.78 is 6.46. The van der Waals surface area contributed by atoms with Crippen molar-refractivity contribution in [2.75, 3.05) is 0 Å². The molecule has 110 valence electrons. The molecule has 3 atom stereocenters. The van der Waals surface area contributed by atoms with Crippen LogP contribution in [0.1, 0.15) is 64.0 Å². The standard InChI is InChI=1S/C18H27NO/c1-13(2)10-14-6-5-9-18(11-14)12-16(19)15-7-3-4-8-17(15)20-18/h3-4,7-8,13-14,16H,5-6,9-12,19H2,1-2H3/t14?,16-,18?/m0/s1. The average Bonchev–Trinajstić information content (AvgIpc) is 2.38. The highest BCUT2D eigenvalue weighted by molar-refractivity contribution is 5.38. The van der Waals surface area contributed by atoms with Gasteiger partial charge in [0, 0.05) is 18.0 Å². The van der Waals surface area contributed by atoms with Gasteiger partial charge >= 0.3 is 0 Å². The molecule has 2 aliphatic rings. The molecule has 1 aliphatic carbocycles. The molecular weight excluding hydrogens is 246 g/mol. The Labute approximate surface area is 122 Å². The van der Waals surface area contributed by atoms with E-state index in [9.17, 15) is 0 Å². The van der Waals surface area contributed by atoms with Crippen molar-refractivity contribution in [3.63, 3.8) is 0 Å². The average molecular weight is 273 g/mol. The second-order valence-electron chi connectivity index (χ2n) is 7.23. The Hall–Kier alpha value is -1.02. The van der Waals surface area contributed by atoms with E-state index in [1.54, 1.807) is 0 Å². The van der Waals surface area contributed by atoms with Crippen LogP contribution in [0.25, 0.3) is 0 Å². The fourth-order valence-electron chi connectivity index (χ4n) is 4.25. The molecule has 2 unspecified atom stereocenters. The lowest BCUT2D eigenvalue weighted by atomic mass is 9.71. The van der Waals surface area contributed by atoms with Gasteiger partial charge in [0.15, 0.2) is 0 Å². The lowest BCUT2D eigenvalue weighted by Crippen LogP contribution is -2.46. The lowest BCUT2D eigenvalue weighted by Gasteiger charge is -2.46. The van der Waals surface area contributed by atoms with Crippen molar-refractivity contribution in [3.8, 4) is 5.75 Å². The number of para-hydroxylation sites is 1. The van der Waals surface area contributed by atoms with Crippen LogP contribution < -0.4 is 10.5 Å². The number of rotatable bonds is 2. The predicted molar refractivity (Wildman–Crippen MR) is 82.8 cm³/mol. The molecule has 1 saturated carbocycles. The highest BCUT2D eigenvalue weighted by atomic mass is 16.5. The third-order valence-electron chi connectivity index (χ3n) is 4.95. The maximum atomic E-state index is 6.46. The summed E-state index contributed by atoms with van der Waals surface area (Å²) in [6.45, 7) is 4.65. The largest absolute Gasteiger partial charge is 0.487 e. The Kier molecular flexibility index (Phi) is 3.76. The molecule has 3 rings (SSSR count). The van der Waals surface area contributed by atoms with E-state index in [1.807, 2.05) is 0 Å². The second kappa shape index (κ2) is 5.40. The Bertz CT molecular complexity index is 470. The van der Waals surface area contributed by atoms with Crippen molar-refractivity contribution in [1.29, 1.82) is 0 Å². The van der Waals surface area contributed by atoms with Gasteiger partial charge in [-0.25, -0.2) is 0 Å². The summed E-state index contributed by atoms with van der Waals surface area (Å²) in [5.41, 5.74) is 7.61. The molecule has 2 heteroatoms. The van der Waals surface area contributed by atoms with E-state index in [4.69, 9.17) is 10.5 Å². The normalized spacial score (nSPS) is 33.0. The molecule has 20 heavy (non-hydrogen) atoms. The Morgan fingerprint density at radius 3 is 2.90 bits per heavy atom. The first kappa shape index (κ1) is 13.9. The molecule has 0 aromatic heterocycles. The van der Waals surface area contributed by atoms with E-state index in [1.165, 1.54) is 37.7 Å². The van der Waals surface area contributed by atoms with E-state index < -0.39 is 0 Å². The van der Waals surface area contributed by atoms with Gasteiger partial charge < -0.3 is 10.5 Å². The lowest BCUT2D eigenvalue weighted by molar-refractivity contribution is -0.0201. The molecule has 0 amide bonds. The highest BCUT2D eigenvalue weighted by Gasteiger charge is 2.43. The highest BCUT2D eigenvalue weighted by Crippen LogP contribution is 2.47. The molecule has 0 radical (unpaired) electrons. The summed E-state index contributed by atoms with van der Waals surface area (Å²) in [7, 11) is 0. The van der Waals surface area contributed by atoms with Crippen LogP contribution in [0, 0.1) is 11.8 Å². The first-order valence-electron chi connectivity index (χ1n) is 8.11. The molecule has 1 fully saturated rings. The predicted octanol–water partition coefficient (Wildman–Crippen LogP) is 4.44. The Morgan fingerprint density at radius 1 is 1.30 bits per heavy atom. The van der Waals surface area contributed by atoms with E-state index in [-0.39, 0.29) is 11.6 Å². The zero-order valence-corrected chi connectivity index (χ0v) is 12.8. The van der Waals surface area contributed by atoms with Gasteiger partial charge in [-0.3, -0.25) is 0 Å². The van der Waals surface area contributed by atoms with Crippen molar-refractivity contribution < 1.29 is 4.74 Å². The van der Waals surface area contributed by atoms with E-state index in [0.29, 0.717) is 0 Å². The molecule has 0 saturated heterocycles. The Balaban J connectivity index is 1.80. The van der Waals surface area contributed by atoms with Crippen LogP contribution in [-0.4, -0.2) is 5.60 Å². The molecule has 1 aliphatic heterocycles. The van der Waals surface area contributed by atoms with Crippen molar-refractivity contribution in [3.05, 3.63) is 29.8 Å². The number of hydrogen-bond acceptors (Lipinski definition) is 2. The molecular formula is C18H27NO. The van der Waals surface area contributed by atoms with E-state index in [2.05, 4.69) is 38.1 Å². The van der Waals surface area contributed by atoms with Crippen molar-refractivity contribution >= 4 is 0 Å². The summed E-state index contributed by atoms with van der Waals surface area (Å²) in [6, 6.07) is 8.45. The molecule has 1 spiro atoms. The Morgan fingerprint density at radius 2 is 2.10 bits per heavy atom. The van der Waals surface area contributed by atoms with Gasteiger partial charge in [-0.05, 0) is 43.6 Å². The molecule has 1 aromatic carbocycles. The van der Waals surface area contributed by atoms with Crippen molar-refractivity contribution in [1.82, 2.24) is 0 Å². The molecule has 1 heterocycles. The zero-order chi connectivity index (χ0) is 14.2. The minimum atomic E-state index is 0.00553. The van der Waals surface area contributed by atoms with Crippen LogP contribution in [-0.2, 0) is 0 Å². The second-order valence-corrected chi connectivity index (χ2v) is 7.23. The maximum absolute atomic E-state index is 6.46. The summed E-state index contributed by atoms with van der Waals surface area (Å²) in [6.07, 6.45) is 7.31. The SMILES string of the molecule is CC(C)CC1CCCC2(C1)C[C@H](N)c1ccccc1O2. The van der Waals surface area contributed by atoms with Crippen LogP contribution in [0.4, 0.5) is 0 Å². The van der Waals surface area contributed by atoms with Crippen LogP contribution in [0.3, 0.4) is 0 Å². The van der Waals surface area contributed by atoms with E-state index >= 15 is 0 Å². The molecule has 2 N–H and O–H groups in total. The minimum Gasteiger partial charge on any atom is -0.487 e. The number of fused-ring (bicyclic) bond motifs is 1. The monoisotopic (exact) mass is 273 g/mol. The van der Waals surface area contributed by atoms with Gasteiger partial charge in [0.05, 0.1) is 0 Å². The van der Waals surface area contributed by atoms with Gasteiger partial charge in [-0.15, -0.1) is 0 Å². The molecule has 2 nitrogen and oxygen atoms in total. The fraction of sp³-hybridized carbons (Fsp3) is 0.667. The van der Waals surface area contributed by atoms with Crippen molar-refractivity contribution in [2.45, 2.75) is 64.0 Å². The quantitative estimate of drug-likeness (QED) is 0.864. The summed E-state index contributed by atoms with van der Waals surface area (Å²) in [5, 5.41) is 0. The van der Waals surface area contributed by atoms with Crippen molar-refractivity contribution in [2.24, 2.45) is 17.6 Å². The van der Waals surface area contributed by atoms with E-state index in [0.717, 1.165) is 24.0 Å². The van der Waals surface area contributed by atoms with Gasteiger partial charge in [0.25, 0.3) is 0 Å². The van der Waals surface area contributed by atoms with Gasteiger partial charge in [-0.1, -0.05) is 38.5 Å². The fourth-order valence-corrected chi connectivity index (χ4v) is 4.25. The zero-order valence-electron chi connectivity index (χ0n) is 12.8. The third kappa shape index (κ3) is 2.71. The van der Waals surface area contributed by atoms with Crippen LogP contribution in [0.2, 0.25) is 0 Å².